The molecular weight excluding hydrogens is 377 g/mol. The monoisotopic (exact) mass is 405 g/mol. The smallest absolute Gasteiger partial charge is 0.184 e. The molecule has 2 aromatic carbocycles. The number of nitrogens with zero attached hydrogens (tertiary/aromatic N) is 1. The normalized spacial score (nSPS) is 13.0. The lowest BCUT2D eigenvalue weighted by atomic mass is 9.92. The lowest BCUT2D eigenvalue weighted by Gasteiger charge is -2.21. The Morgan fingerprint density at radius 1 is 1.04 bits per heavy atom. The first-order valence-corrected chi connectivity index (χ1v) is 9.77. The Bertz CT molecular complexity index is 835. The molecule has 1 heterocycles. The van der Waals surface area contributed by atoms with Gasteiger partial charge in [-0.25, -0.2) is 8.97 Å². The topological polar surface area (TPSA) is 21.5 Å². The molecule has 0 N–H and O–H groups in total. The van der Waals surface area contributed by atoms with Crippen LogP contribution in [0.4, 0.5) is 4.39 Å². The molecule has 0 amide bonds. The molecule has 152 valence electrons. The van der Waals surface area contributed by atoms with Crippen LogP contribution >= 0.6 is 0 Å². The lowest BCUT2D eigenvalue weighted by molar-refractivity contribution is -0.546. The summed E-state index contributed by atoms with van der Waals surface area (Å²) in [5.41, 5.74) is 4.53. The van der Waals surface area contributed by atoms with Crippen molar-refractivity contribution in [3.8, 4) is 11.5 Å². The Kier molecular flexibility index (Phi) is 8.31. The van der Waals surface area contributed by atoms with E-state index in [4.69, 9.17) is 9.47 Å². The molecule has 3 rings (SSSR count). The molecule has 0 saturated heterocycles. The number of unbranched alkanes of at least 4 members (excludes halogenated alkanes) is 2. The zero-order valence-corrected chi connectivity index (χ0v) is 17.7. The van der Waals surface area contributed by atoms with E-state index in [-0.39, 0.29) is 18.2 Å². The molecule has 0 bridgehead atoms. The van der Waals surface area contributed by atoms with E-state index >= 15 is 0 Å². The van der Waals surface area contributed by atoms with Gasteiger partial charge in [-0.3, -0.25) is 0 Å². The predicted molar refractivity (Wildman–Crippen MR) is 107 cm³/mol. The van der Waals surface area contributed by atoms with Gasteiger partial charge in [-0.15, -0.1) is 0 Å². The standard InChI is InChI=1S/C23H29FNO2.ClH/c1-4-5-6-11-21-19-15-23(27-3)22(26-2)14-17(19)12-13-25(21)16-18-9-7-8-10-20(18)24;/h7-10,14-15H,4-6,11-13,16H2,1-3H3;1H/q+1;/p-1. The van der Waals surface area contributed by atoms with E-state index in [0.29, 0.717) is 6.54 Å². The van der Waals surface area contributed by atoms with Crippen molar-refractivity contribution >= 4 is 5.71 Å². The van der Waals surface area contributed by atoms with Crippen molar-refractivity contribution in [2.45, 2.75) is 45.6 Å². The lowest BCUT2D eigenvalue weighted by Crippen LogP contribution is -3.00. The first-order chi connectivity index (χ1) is 13.2. The highest BCUT2D eigenvalue weighted by atomic mass is 35.5. The van der Waals surface area contributed by atoms with Gasteiger partial charge in [0.25, 0.3) is 0 Å². The van der Waals surface area contributed by atoms with Crippen LogP contribution < -0.4 is 21.9 Å². The van der Waals surface area contributed by atoms with Crippen molar-refractivity contribution in [3.05, 3.63) is 58.9 Å². The third-order valence-corrected chi connectivity index (χ3v) is 5.29. The number of ether oxygens (including phenoxy) is 2. The summed E-state index contributed by atoms with van der Waals surface area (Å²) in [5, 5.41) is 0. The molecule has 0 fully saturated rings. The van der Waals surface area contributed by atoms with Gasteiger partial charge in [-0.2, -0.15) is 0 Å². The van der Waals surface area contributed by atoms with Crippen molar-refractivity contribution in [2.75, 3.05) is 20.8 Å². The molecule has 0 aliphatic carbocycles. The van der Waals surface area contributed by atoms with Crippen LogP contribution in [0, 0.1) is 5.82 Å². The molecule has 1 aliphatic heterocycles. The molecule has 1 aliphatic rings. The fourth-order valence-electron chi connectivity index (χ4n) is 3.80. The van der Waals surface area contributed by atoms with E-state index in [1.807, 2.05) is 12.1 Å². The molecule has 5 heteroatoms. The Morgan fingerprint density at radius 3 is 2.43 bits per heavy atom. The van der Waals surface area contributed by atoms with Crippen LogP contribution in [-0.2, 0) is 13.0 Å². The van der Waals surface area contributed by atoms with Gasteiger partial charge < -0.3 is 21.9 Å². The maximum atomic E-state index is 14.2. The number of methoxy groups -OCH3 is 2. The van der Waals surface area contributed by atoms with Crippen molar-refractivity contribution in [1.82, 2.24) is 0 Å². The van der Waals surface area contributed by atoms with Crippen LogP contribution in [0.15, 0.2) is 36.4 Å². The number of hydrogen-bond acceptors (Lipinski definition) is 2. The Morgan fingerprint density at radius 2 is 1.75 bits per heavy atom. The molecule has 3 nitrogen and oxygen atoms in total. The quantitative estimate of drug-likeness (QED) is 0.495. The van der Waals surface area contributed by atoms with Gasteiger partial charge in [-0.05, 0) is 36.2 Å². The largest absolute Gasteiger partial charge is 1.00 e. The summed E-state index contributed by atoms with van der Waals surface area (Å²) in [6.07, 6.45) is 5.42. The zero-order chi connectivity index (χ0) is 19.2. The van der Waals surface area contributed by atoms with Gasteiger partial charge in [0.1, 0.15) is 12.4 Å². The Labute approximate surface area is 173 Å². The maximum Gasteiger partial charge on any atom is 0.184 e. The summed E-state index contributed by atoms with van der Waals surface area (Å²) in [5.74, 6) is 1.38. The zero-order valence-electron chi connectivity index (χ0n) is 16.9. The Balaban J connectivity index is 0.00000280. The van der Waals surface area contributed by atoms with E-state index in [0.717, 1.165) is 42.9 Å². The van der Waals surface area contributed by atoms with Gasteiger partial charge in [-0.1, -0.05) is 31.9 Å². The SMILES string of the molecule is CCCCCC1=[N+](Cc2ccccc2F)CCc2cc(OC)c(OC)cc21.[Cl-]. The van der Waals surface area contributed by atoms with Gasteiger partial charge in [0, 0.05) is 18.4 Å². The minimum absolute atomic E-state index is 0. The van der Waals surface area contributed by atoms with Crippen LogP contribution in [0.1, 0.15) is 49.3 Å². The van der Waals surface area contributed by atoms with E-state index in [9.17, 15) is 4.39 Å². The molecule has 28 heavy (non-hydrogen) atoms. The predicted octanol–water partition coefficient (Wildman–Crippen LogP) is 1.99. The molecule has 2 aromatic rings. The van der Waals surface area contributed by atoms with Crippen LogP contribution in [0.3, 0.4) is 0 Å². The second-order valence-corrected chi connectivity index (χ2v) is 7.03. The minimum atomic E-state index is -0.136. The van der Waals surface area contributed by atoms with Crippen molar-refractivity contribution in [3.63, 3.8) is 0 Å². The summed E-state index contributed by atoms with van der Waals surface area (Å²) >= 11 is 0. The number of halogens is 2. The molecule has 0 radical (unpaired) electrons. The summed E-state index contributed by atoms with van der Waals surface area (Å²) in [7, 11) is 3.34. The number of fused-ring (bicyclic) bond motifs is 1. The van der Waals surface area contributed by atoms with Crippen molar-refractivity contribution in [2.24, 2.45) is 0 Å². The minimum Gasteiger partial charge on any atom is -1.00 e. The molecule has 0 aromatic heterocycles. The summed E-state index contributed by atoms with van der Waals surface area (Å²) in [6, 6.07) is 11.2. The second kappa shape index (κ2) is 10.5. The molecule has 0 saturated carbocycles. The van der Waals surface area contributed by atoms with Gasteiger partial charge >= 0.3 is 0 Å². The van der Waals surface area contributed by atoms with Gasteiger partial charge in [0.05, 0.1) is 19.8 Å². The molecular formula is C23H29ClFNO2. The molecule has 0 unspecified atom stereocenters. The highest BCUT2D eigenvalue weighted by molar-refractivity contribution is 5.99. The average molecular weight is 406 g/mol. The fourth-order valence-corrected chi connectivity index (χ4v) is 3.80. The summed E-state index contributed by atoms with van der Waals surface area (Å²) < 4.78 is 27.6. The van der Waals surface area contributed by atoms with Crippen LogP contribution in [-0.4, -0.2) is 31.1 Å². The van der Waals surface area contributed by atoms with E-state index < -0.39 is 0 Å². The van der Waals surface area contributed by atoms with Crippen molar-refractivity contribution < 1.29 is 30.8 Å². The Hall–Kier alpha value is -2.07. The number of hydrogen-bond donors (Lipinski definition) is 0. The van der Waals surface area contributed by atoms with Crippen LogP contribution in [0.5, 0.6) is 11.5 Å². The first kappa shape index (κ1) is 22.2. The van der Waals surface area contributed by atoms with Crippen LogP contribution in [0.2, 0.25) is 0 Å². The molecule has 0 spiro atoms. The summed E-state index contributed by atoms with van der Waals surface area (Å²) in [4.78, 5) is 0. The maximum absolute atomic E-state index is 14.2. The van der Waals surface area contributed by atoms with Gasteiger partial charge in [0.15, 0.2) is 23.8 Å². The third-order valence-electron chi connectivity index (χ3n) is 5.29. The third kappa shape index (κ3) is 4.85. The van der Waals surface area contributed by atoms with Gasteiger partial charge in [0.2, 0.25) is 0 Å². The second-order valence-electron chi connectivity index (χ2n) is 7.03. The average Bonchev–Trinajstić information content (AvgIpc) is 2.70. The number of rotatable bonds is 8. The summed E-state index contributed by atoms with van der Waals surface area (Å²) in [6.45, 7) is 3.70. The highest BCUT2D eigenvalue weighted by Gasteiger charge is 2.28. The van der Waals surface area contributed by atoms with Crippen molar-refractivity contribution in [1.29, 1.82) is 0 Å². The fraction of sp³-hybridized carbons (Fsp3) is 0.435. The van der Waals surface area contributed by atoms with E-state index in [1.54, 1.807) is 20.3 Å². The first-order valence-electron chi connectivity index (χ1n) is 9.77. The highest BCUT2D eigenvalue weighted by Crippen LogP contribution is 2.33. The molecule has 0 atom stereocenters. The number of benzene rings is 2. The van der Waals surface area contributed by atoms with E-state index in [2.05, 4.69) is 23.6 Å². The van der Waals surface area contributed by atoms with E-state index in [1.165, 1.54) is 35.7 Å². The van der Waals surface area contributed by atoms with Crippen LogP contribution in [0.25, 0.3) is 0 Å².